The van der Waals surface area contributed by atoms with Crippen molar-refractivity contribution in [3.8, 4) is 0 Å². The van der Waals surface area contributed by atoms with Crippen molar-refractivity contribution in [1.82, 2.24) is 0 Å². The quantitative estimate of drug-likeness (QED) is 0.366. The Kier molecular flexibility index (Phi) is 10.7. The molecule has 0 radical (unpaired) electrons. The normalized spacial score (nSPS) is 11.8. The molecule has 0 atom stereocenters. The molecule has 0 aliphatic carbocycles. The van der Waals surface area contributed by atoms with Crippen molar-refractivity contribution in [1.29, 1.82) is 0 Å². The molecule has 0 bridgehead atoms. The lowest BCUT2D eigenvalue weighted by molar-refractivity contribution is -0.557. The molecule has 19 heavy (non-hydrogen) atoms. The zero-order valence-corrected chi connectivity index (χ0v) is 14.2. The van der Waals surface area contributed by atoms with Gasteiger partial charge >= 0.3 is 28.5 Å². The fourth-order valence-electron chi connectivity index (χ4n) is 1.01. The molecule has 108 valence electrons. The molecule has 1 rings (SSSR count). The van der Waals surface area contributed by atoms with E-state index in [1.165, 1.54) is 27.3 Å². The lowest BCUT2D eigenvalue weighted by Gasteiger charge is -1.94. The molecule has 0 unspecified atom stereocenters. The summed E-state index contributed by atoms with van der Waals surface area (Å²) in [5.74, 6) is 0. The highest BCUT2D eigenvalue weighted by Gasteiger charge is 2.20. The van der Waals surface area contributed by atoms with Crippen LogP contribution in [0.5, 0.6) is 0 Å². The summed E-state index contributed by atoms with van der Waals surface area (Å²) in [6.07, 6.45) is 3.76. The van der Waals surface area contributed by atoms with Gasteiger partial charge in [0.15, 0.2) is 7.65 Å². The lowest BCUT2D eigenvalue weighted by Crippen LogP contribution is -3.59. The Hall–Kier alpha value is -0.0451. The van der Waals surface area contributed by atoms with Crippen LogP contribution in [0.2, 0.25) is 0 Å². The number of unbranched alkanes of at least 4 members (excludes halogenated alkanes) is 1. The number of benzene rings is 1. The molecule has 0 heterocycles. The van der Waals surface area contributed by atoms with Crippen LogP contribution in [0.15, 0.2) is 38.9 Å². The van der Waals surface area contributed by atoms with Crippen molar-refractivity contribution >= 4 is 23.2 Å². The summed E-state index contributed by atoms with van der Waals surface area (Å²) < 4.78 is 44.2. The topological polar surface area (TPSA) is 0 Å². The number of rotatable bonds is 5. The molecule has 0 spiro atoms. The van der Waals surface area contributed by atoms with E-state index in [0.717, 1.165) is 0 Å². The van der Waals surface area contributed by atoms with E-state index in [-0.39, 0.29) is 21.2 Å². The zero-order valence-electron chi connectivity index (χ0n) is 10.4. The van der Waals surface area contributed by atoms with Gasteiger partial charge in [-0.2, -0.15) is 0 Å². The van der Waals surface area contributed by atoms with Crippen molar-refractivity contribution in [3.63, 3.8) is 0 Å². The summed E-state index contributed by atoms with van der Waals surface area (Å²) in [5.41, 5.74) is 0. The van der Waals surface area contributed by atoms with Gasteiger partial charge in [0.25, 0.3) is 0 Å². The van der Waals surface area contributed by atoms with Crippen LogP contribution in [0.4, 0.5) is 17.3 Å². The Bertz CT molecular complexity index is 362. The highest BCUT2D eigenvalue weighted by Crippen LogP contribution is 2.11. The number of hydrogen-bond acceptors (Lipinski definition) is 0. The number of halogens is 6. The molecule has 1 aromatic carbocycles. The van der Waals surface area contributed by atoms with E-state index in [9.17, 15) is 17.3 Å². The maximum absolute atomic E-state index is 9.75. The average Bonchev–Trinajstić information content (AvgIpc) is 2.33. The maximum atomic E-state index is 9.75. The Morgan fingerprint density at radius 1 is 1.21 bits per heavy atom. The zero-order chi connectivity index (χ0) is 14.7. The van der Waals surface area contributed by atoms with Gasteiger partial charge in [-0.3, -0.25) is 0 Å². The van der Waals surface area contributed by atoms with Crippen molar-refractivity contribution < 1.29 is 38.5 Å². The molecule has 0 amide bonds. The lowest BCUT2D eigenvalue weighted by atomic mass is 10.2. The Labute approximate surface area is 130 Å². The van der Waals surface area contributed by atoms with Gasteiger partial charge < -0.3 is 17.3 Å². The molecule has 0 N–H and O–H groups in total. The standard InChI is InChI=1S/C12H15BrI.BF4/c1-2-3-7-11(13)10-14-12-8-5-4-6-9-12;2-1(3,4)5/h4-6,8-10H,2-3,7H2,1H3;/q+1;-1/b11-10-;. The third-order valence-corrected chi connectivity index (χ3v) is 5.78. The van der Waals surface area contributed by atoms with Gasteiger partial charge in [0.05, 0.1) is 0 Å². The Morgan fingerprint density at radius 2 is 1.74 bits per heavy atom. The molecule has 0 saturated carbocycles. The fourth-order valence-corrected chi connectivity index (χ4v) is 3.71. The van der Waals surface area contributed by atoms with Crippen LogP contribution in [0.3, 0.4) is 0 Å². The SMILES string of the molecule is CCCC/C(Br)=C/[I+]c1ccccc1.F[B-](F)(F)F. The number of hydrogen-bond donors (Lipinski definition) is 0. The molecular formula is C12H15BBrF4I. The molecule has 0 aromatic heterocycles. The van der Waals surface area contributed by atoms with Gasteiger partial charge in [0.2, 0.25) is 0 Å². The fraction of sp³-hybridized carbons (Fsp3) is 0.333. The van der Waals surface area contributed by atoms with Gasteiger partial charge in [-0.15, -0.1) is 0 Å². The third-order valence-electron chi connectivity index (χ3n) is 1.80. The summed E-state index contributed by atoms with van der Waals surface area (Å²) in [6.45, 7) is 2.23. The van der Waals surface area contributed by atoms with Crippen molar-refractivity contribution in [2.75, 3.05) is 0 Å². The van der Waals surface area contributed by atoms with Crippen LogP contribution in [0, 0.1) is 3.57 Å². The predicted molar refractivity (Wildman–Crippen MR) is 71.9 cm³/mol. The molecular weight excluding hydrogens is 438 g/mol. The second-order valence-corrected chi connectivity index (χ2v) is 7.07. The van der Waals surface area contributed by atoms with E-state index < -0.39 is 7.25 Å². The molecule has 0 aliphatic heterocycles. The van der Waals surface area contributed by atoms with E-state index in [4.69, 9.17) is 0 Å². The van der Waals surface area contributed by atoms with E-state index in [2.05, 4.69) is 57.3 Å². The van der Waals surface area contributed by atoms with Crippen molar-refractivity contribution in [3.05, 3.63) is 42.5 Å². The Balaban J connectivity index is 0.000000555. The molecule has 7 heteroatoms. The van der Waals surface area contributed by atoms with Gasteiger partial charge in [-0.1, -0.05) is 47.5 Å². The third kappa shape index (κ3) is 15.9. The van der Waals surface area contributed by atoms with Crippen LogP contribution < -0.4 is 21.2 Å². The van der Waals surface area contributed by atoms with Crippen LogP contribution in [-0.4, -0.2) is 7.25 Å². The smallest absolute Gasteiger partial charge is 0.418 e. The van der Waals surface area contributed by atoms with Crippen LogP contribution >= 0.6 is 15.9 Å². The first-order valence-electron chi connectivity index (χ1n) is 5.73. The molecule has 0 saturated heterocycles. The monoisotopic (exact) mass is 452 g/mol. The van der Waals surface area contributed by atoms with Crippen LogP contribution in [0.25, 0.3) is 0 Å². The van der Waals surface area contributed by atoms with E-state index >= 15 is 0 Å². The number of allylic oxidation sites excluding steroid dienone is 1. The first kappa shape index (κ1) is 19.0. The summed E-state index contributed by atoms with van der Waals surface area (Å²) in [5, 5.41) is 0. The maximum Gasteiger partial charge on any atom is 0.673 e. The minimum atomic E-state index is -6.00. The van der Waals surface area contributed by atoms with Crippen LogP contribution in [0.1, 0.15) is 26.2 Å². The van der Waals surface area contributed by atoms with Gasteiger partial charge in [0, 0.05) is 4.48 Å². The van der Waals surface area contributed by atoms with E-state index in [1.54, 1.807) is 0 Å². The van der Waals surface area contributed by atoms with Crippen molar-refractivity contribution in [2.24, 2.45) is 0 Å². The van der Waals surface area contributed by atoms with Crippen LogP contribution in [-0.2, 0) is 0 Å². The summed E-state index contributed by atoms with van der Waals surface area (Å²) >= 11 is 3.68. The summed E-state index contributed by atoms with van der Waals surface area (Å²) in [6, 6.07) is 10.7. The Morgan fingerprint density at radius 3 is 2.21 bits per heavy atom. The largest absolute Gasteiger partial charge is 0.673 e. The molecule has 0 nitrogen and oxygen atoms in total. The van der Waals surface area contributed by atoms with Gasteiger partial charge in [0.1, 0.15) is 0 Å². The molecule has 0 aliphatic rings. The minimum Gasteiger partial charge on any atom is -0.418 e. The second kappa shape index (κ2) is 10.7. The minimum absolute atomic E-state index is 0.0598. The summed E-state index contributed by atoms with van der Waals surface area (Å²) in [7, 11) is -6.00. The average molecular weight is 453 g/mol. The molecule has 0 fully saturated rings. The summed E-state index contributed by atoms with van der Waals surface area (Å²) in [4.78, 5) is 0. The molecule has 1 aromatic rings. The van der Waals surface area contributed by atoms with E-state index in [0.29, 0.717) is 0 Å². The second-order valence-electron chi connectivity index (χ2n) is 3.56. The van der Waals surface area contributed by atoms with Gasteiger partial charge in [-0.05, 0) is 25.0 Å². The highest BCUT2D eigenvalue weighted by atomic mass is 127. The predicted octanol–water partition coefficient (Wildman–Crippen LogP) is 2.67. The van der Waals surface area contributed by atoms with Gasteiger partial charge in [-0.25, -0.2) is 0 Å². The highest BCUT2D eigenvalue weighted by molar-refractivity contribution is 9.11. The first-order chi connectivity index (χ1) is 8.83. The van der Waals surface area contributed by atoms with Crippen molar-refractivity contribution in [2.45, 2.75) is 26.2 Å². The first-order valence-corrected chi connectivity index (χ1v) is 8.85. The van der Waals surface area contributed by atoms with E-state index in [1.807, 2.05) is 0 Å².